The molecule has 0 aliphatic carbocycles. The van der Waals surface area contributed by atoms with E-state index in [-0.39, 0.29) is 16.5 Å². The number of rotatable bonds is 7. The molecule has 0 radical (unpaired) electrons. The predicted octanol–water partition coefficient (Wildman–Crippen LogP) is 2.30. The molecule has 1 aromatic rings. The molecule has 0 amide bonds. The van der Waals surface area contributed by atoms with Crippen molar-refractivity contribution in [2.75, 3.05) is 26.2 Å². The van der Waals surface area contributed by atoms with Crippen molar-refractivity contribution in [3.8, 4) is 0 Å². The standard InChI is InChI=1S/C16H25N3O4S/c1-3-9-18-10-7-14(8-11-18)12-17-24(22,23)16-13(2)5-4-6-15(16)19(20)21/h4-6,14,17H,3,7-12H2,1-2H3. The third-order valence-corrected chi connectivity index (χ3v) is 6.08. The van der Waals surface area contributed by atoms with Gasteiger partial charge in [0.2, 0.25) is 10.0 Å². The second-order valence-corrected chi connectivity index (χ2v) is 8.02. The molecular weight excluding hydrogens is 330 g/mol. The van der Waals surface area contributed by atoms with Gasteiger partial charge in [0.1, 0.15) is 0 Å². The van der Waals surface area contributed by atoms with Gasteiger partial charge in [-0.15, -0.1) is 0 Å². The van der Waals surface area contributed by atoms with Gasteiger partial charge < -0.3 is 4.90 Å². The summed E-state index contributed by atoms with van der Waals surface area (Å²) < 4.78 is 27.7. The fraction of sp³-hybridized carbons (Fsp3) is 0.625. The molecule has 0 unspecified atom stereocenters. The summed E-state index contributed by atoms with van der Waals surface area (Å²) in [6.45, 7) is 7.08. The molecule has 8 heteroatoms. The summed E-state index contributed by atoms with van der Waals surface area (Å²) in [6.07, 6.45) is 3.00. The first kappa shape index (κ1) is 18.8. The van der Waals surface area contributed by atoms with Crippen LogP contribution in [0.5, 0.6) is 0 Å². The largest absolute Gasteiger partial charge is 0.303 e. The molecule has 1 aliphatic rings. The highest BCUT2D eigenvalue weighted by molar-refractivity contribution is 7.89. The maximum Gasteiger partial charge on any atom is 0.289 e. The van der Waals surface area contributed by atoms with Crippen molar-refractivity contribution in [1.29, 1.82) is 0 Å². The van der Waals surface area contributed by atoms with E-state index in [1.165, 1.54) is 12.1 Å². The van der Waals surface area contributed by atoms with E-state index < -0.39 is 14.9 Å². The highest BCUT2D eigenvalue weighted by Crippen LogP contribution is 2.27. The third kappa shape index (κ3) is 4.52. The van der Waals surface area contributed by atoms with Gasteiger partial charge in [-0.1, -0.05) is 19.1 Å². The first-order chi connectivity index (χ1) is 11.3. The van der Waals surface area contributed by atoms with E-state index in [2.05, 4.69) is 16.5 Å². The van der Waals surface area contributed by atoms with Crippen LogP contribution in [0.15, 0.2) is 23.1 Å². The molecule has 1 aliphatic heterocycles. The first-order valence-corrected chi connectivity index (χ1v) is 9.79. The van der Waals surface area contributed by atoms with Crippen LogP contribution >= 0.6 is 0 Å². The average molecular weight is 355 g/mol. The number of piperidine rings is 1. The minimum absolute atomic E-state index is 0.224. The van der Waals surface area contributed by atoms with Crippen LogP contribution < -0.4 is 4.72 Å². The quantitative estimate of drug-likeness (QED) is 0.598. The smallest absolute Gasteiger partial charge is 0.289 e. The SMILES string of the molecule is CCCN1CCC(CNS(=O)(=O)c2c(C)cccc2[N+](=O)[O-])CC1. The van der Waals surface area contributed by atoms with Crippen LogP contribution in [0.1, 0.15) is 31.7 Å². The van der Waals surface area contributed by atoms with Gasteiger partial charge >= 0.3 is 0 Å². The number of sulfonamides is 1. The van der Waals surface area contributed by atoms with Crippen LogP contribution in [-0.4, -0.2) is 44.4 Å². The fourth-order valence-corrected chi connectivity index (χ4v) is 4.67. The Morgan fingerprint density at radius 3 is 2.58 bits per heavy atom. The van der Waals surface area contributed by atoms with E-state index in [9.17, 15) is 18.5 Å². The molecule has 1 N–H and O–H groups in total. The van der Waals surface area contributed by atoms with Gasteiger partial charge in [-0.2, -0.15) is 0 Å². The van der Waals surface area contributed by atoms with Crippen LogP contribution in [0.25, 0.3) is 0 Å². The Labute approximate surface area is 143 Å². The van der Waals surface area contributed by atoms with Gasteiger partial charge in [-0.3, -0.25) is 10.1 Å². The van der Waals surface area contributed by atoms with E-state index in [1.807, 2.05) is 0 Å². The number of hydrogen-bond donors (Lipinski definition) is 1. The van der Waals surface area contributed by atoms with Crippen LogP contribution in [0.4, 0.5) is 5.69 Å². The molecule has 0 atom stereocenters. The zero-order valence-electron chi connectivity index (χ0n) is 14.2. The maximum atomic E-state index is 12.6. The van der Waals surface area contributed by atoms with Crippen LogP contribution in [0.3, 0.4) is 0 Å². The lowest BCUT2D eigenvalue weighted by molar-refractivity contribution is -0.387. The summed E-state index contributed by atoms with van der Waals surface area (Å²) in [5, 5.41) is 11.1. The van der Waals surface area contributed by atoms with Crippen LogP contribution in [-0.2, 0) is 10.0 Å². The number of nitro groups is 1. The van der Waals surface area contributed by atoms with Crippen molar-refractivity contribution in [3.63, 3.8) is 0 Å². The van der Waals surface area contributed by atoms with E-state index >= 15 is 0 Å². The van der Waals surface area contributed by atoms with Gasteiger partial charge in [0.05, 0.1) is 4.92 Å². The predicted molar refractivity (Wildman–Crippen MR) is 92.5 cm³/mol. The molecule has 0 saturated carbocycles. The van der Waals surface area contributed by atoms with Crippen molar-refractivity contribution in [3.05, 3.63) is 33.9 Å². The van der Waals surface area contributed by atoms with Crippen molar-refractivity contribution < 1.29 is 13.3 Å². The van der Waals surface area contributed by atoms with Crippen molar-refractivity contribution in [2.45, 2.75) is 38.0 Å². The van der Waals surface area contributed by atoms with Gasteiger partial charge in [-0.05, 0) is 57.3 Å². The van der Waals surface area contributed by atoms with E-state index in [1.54, 1.807) is 13.0 Å². The number of nitrogens with zero attached hydrogens (tertiary/aromatic N) is 2. The lowest BCUT2D eigenvalue weighted by Crippen LogP contribution is -2.39. The minimum Gasteiger partial charge on any atom is -0.303 e. The number of aryl methyl sites for hydroxylation is 1. The van der Waals surface area contributed by atoms with Gasteiger partial charge in [0, 0.05) is 12.6 Å². The Morgan fingerprint density at radius 2 is 2.00 bits per heavy atom. The van der Waals surface area contributed by atoms with Crippen molar-refractivity contribution in [2.24, 2.45) is 5.92 Å². The van der Waals surface area contributed by atoms with Crippen LogP contribution in [0.2, 0.25) is 0 Å². The second kappa shape index (κ2) is 8.04. The highest BCUT2D eigenvalue weighted by Gasteiger charge is 2.29. The summed E-state index contributed by atoms with van der Waals surface area (Å²) >= 11 is 0. The number of benzene rings is 1. The monoisotopic (exact) mass is 355 g/mol. The fourth-order valence-electron chi connectivity index (χ4n) is 3.16. The molecule has 2 rings (SSSR count). The number of nitrogens with one attached hydrogen (secondary N) is 1. The molecule has 1 saturated heterocycles. The third-order valence-electron chi connectivity index (χ3n) is 4.47. The summed E-state index contributed by atoms with van der Waals surface area (Å²) in [7, 11) is -3.90. The van der Waals surface area contributed by atoms with Gasteiger partial charge in [0.25, 0.3) is 5.69 Å². The zero-order chi connectivity index (χ0) is 17.7. The Balaban J connectivity index is 2.04. The van der Waals surface area contributed by atoms with Gasteiger partial charge in [-0.25, -0.2) is 13.1 Å². The Bertz CT molecular complexity index is 683. The molecule has 134 valence electrons. The summed E-state index contributed by atoms with van der Waals surface area (Å²) in [5.74, 6) is 0.274. The molecule has 1 heterocycles. The Hall–Kier alpha value is -1.51. The van der Waals surface area contributed by atoms with E-state index in [4.69, 9.17) is 0 Å². The Kier molecular flexibility index (Phi) is 6.31. The summed E-state index contributed by atoms with van der Waals surface area (Å²) in [5.41, 5.74) is 0.00901. The molecule has 0 aromatic heterocycles. The number of hydrogen-bond acceptors (Lipinski definition) is 5. The van der Waals surface area contributed by atoms with Crippen molar-refractivity contribution in [1.82, 2.24) is 9.62 Å². The lowest BCUT2D eigenvalue weighted by Gasteiger charge is -2.31. The molecule has 0 spiro atoms. The molecule has 1 fully saturated rings. The summed E-state index contributed by atoms with van der Waals surface area (Å²) in [6, 6.07) is 4.30. The maximum absolute atomic E-state index is 12.6. The molecular formula is C16H25N3O4S. The molecule has 24 heavy (non-hydrogen) atoms. The average Bonchev–Trinajstić information content (AvgIpc) is 2.54. The minimum atomic E-state index is -3.90. The van der Waals surface area contributed by atoms with Crippen molar-refractivity contribution >= 4 is 15.7 Å². The normalized spacial score (nSPS) is 17.1. The number of likely N-dealkylation sites (tertiary alicyclic amines) is 1. The van der Waals surface area contributed by atoms with Crippen LogP contribution in [0, 0.1) is 23.0 Å². The second-order valence-electron chi connectivity index (χ2n) is 6.32. The highest BCUT2D eigenvalue weighted by atomic mass is 32.2. The van der Waals surface area contributed by atoms with Gasteiger partial charge in [0.15, 0.2) is 4.90 Å². The number of nitro benzene ring substituents is 1. The topological polar surface area (TPSA) is 92.6 Å². The summed E-state index contributed by atoms with van der Waals surface area (Å²) in [4.78, 5) is 12.6. The van der Waals surface area contributed by atoms with E-state index in [0.717, 1.165) is 38.9 Å². The Morgan fingerprint density at radius 1 is 1.33 bits per heavy atom. The lowest BCUT2D eigenvalue weighted by atomic mass is 9.97. The zero-order valence-corrected chi connectivity index (χ0v) is 15.0. The molecule has 7 nitrogen and oxygen atoms in total. The van der Waals surface area contributed by atoms with E-state index in [0.29, 0.717) is 12.1 Å². The molecule has 0 bridgehead atoms. The first-order valence-electron chi connectivity index (χ1n) is 8.31. The molecule has 1 aromatic carbocycles.